The molecule has 194 valence electrons. The topological polar surface area (TPSA) is 92.3 Å². The molecule has 3 aromatic rings. The Bertz CT molecular complexity index is 1120. The molecule has 10 nitrogen and oxygen atoms in total. The predicted molar refractivity (Wildman–Crippen MR) is 132 cm³/mol. The van der Waals surface area contributed by atoms with Gasteiger partial charge in [0.1, 0.15) is 17.2 Å². The molecule has 3 rings (SSSR count). The van der Waals surface area contributed by atoms with Crippen molar-refractivity contribution in [2.24, 2.45) is 0 Å². The molecule has 0 atom stereocenters. The maximum atomic E-state index is 6.21. The first-order chi connectivity index (χ1) is 17.5. The van der Waals surface area contributed by atoms with Crippen LogP contribution in [0.3, 0.4) is 0 Å². The number of hydrogen-bond acceptors (Lipinski definition) is 10. The van der Waals surface area contributed by atoms with Crippen molar-refractivity contribution in [2.45, 2.75) is 0 Å². The molecule has 0 aromatic heterocycles. The maximum absolute atomic E-state index is 6.21. The van der Waals surface area contributed by atoms with Crippen molar-refractivity contribution in [1.82, 2.24) is 0 Å². The van der Waals surface area contributed by atoms with E-state index in [0.717, 1.165) is 0 Å². The van der Waals surface area contributed by atoms with E-state index in [2.05, 4.69) is 0 Å². The third-order valence-corrected chi connectivity index (χ3v) is 5.20. The first-order valence-corrected chi connectivity index (χ1v) is 10.7. The van der Waals surface area contributed by atoms with Crippen LogP contribution in [0.2, 0.25) is 0 Å². The summed E-state index contributed by atoms with van der Waals surface area (Å²) >= 11 is 0. The average Bonchev–Trinajstić information content (AvgIpc) is 2.93. The number of methoxy groups -OCH3 is 8. The van der Waals surface area contributed by atoms with Crippen molar-refractivity contribution in [3.05, 3.63) is 36.4 Å². The highest BCUT2D eigenvalue weighted by Gasteiger charge is 2.23. The number of benzene rings is 3. The summed E-state index contributed by atoms with van der Waals surface area (Å²) in [6.45, 7) is 0. The van der Waals surface area contributed by atoms with Crippen molar-refractivity contribution in [1.29, 1.82) is 0 Å². The minimum Gasteiger partial charge on any atom is -0.496 e. The molecule has 0 amide bonds. The van der Waals surface area contributed by atoms with E-state index in [4.69, 9.17) is 47.4 Å². The van der Waals surface area contributed by atoms with Crippen LogP contribution in [0, 0.1) is 0 Å². The molecule has 0 saturated carbocycles. The summed E-state index contributed by atoms with van der Waals surface area (Å²) in [5.41, 5.74) is 0. The largest absolute Gasteiger partial charge is 0.496 e. The van der Waals surface area contributed by atoms with E-state index in [9.17, 15) is 0 Å². The second kappa shape index (κ2) is 11.9. The van der Waals surface area contributed by atoms with Crippen molar-refractivity contribution in [2.75, 3.05) is 56.9 Å². The predicted octanol–water partition coefficient (Wildman–Crippen LogP) is 5.34. The smallest absolute Gasteiger partial charge is 0.211 e. The number of ether oxygens (including phenoxy) is 10. The number of rotatable bonds is 12. The Kier molecular flexibility index (Phi) is 8.66. The molecule has 3 aromatic carbocycles. The van der Waals surface area contributed by atoms with Crippen LogP contribution in [0.5, 0.6) is 69.0 Å². The van der Waals surface area contributed by atoms with E-state index in [1.54, 1.807) is 50.6 Å². The lowest BCUT2D eigenvalue weighted by Crippen LogP contribution is -2.00. The highest BCUT2D eigenvalue weighted by atomic mass is 16.6. The molecule has 0 aliphatic rings. The molecular weight excluding hydrogens is 472 g/mol. The van der Waals surface area contributed by atoms with Crippen molar-refractivity contribution < 1.29 is 47.4 Å². The minimum atomic E-state index is 0.280. The third kappa shape index (κ3) is 5.32. The van der Waals surface area contributed by atoms with Crippen LogP contribution in [-0.2, 0) is 0 Å². The summed E-state index contributed by atoms with van der Waals surface area (Å²) in [4.78, 5) is 0. The second-order valence-corrected chi connectivity index (χ2v) is 7.08. The van der Waals surface area contributed by atoms with Gasteiger partial charge in [0.25, 0.3) is 0 Å². The molecule has 0 N–H and O–H groups in total. The van der Waals surface area contributed by atoms with Gasteiger partial charge in [-0.15, -0.1) is 0 Å². The molecule has 0 heterocycles. The van der Waals surface area contributed by atoms with Crippen LogP contribution in [-0.4, -0.2) is 56.9 Å². The fourth-order valence-corrected chi connectivity index (χ4v) is 3.38. The van der Waals surface area contributed by atoms with E-state index < -0.39 is 0 Å². The van der Waals surface area contributed by atoms with Crippen LogP contribution >= 0.6 is 0 Å². The summed E-state index contributed by atoms with van der Waals surface area (Å²) in [7, 11) is 12.2. The van der Waals surface area contributed by atoms with Crippen molar-refractivity contribution >= 4 is 0 Å². The van der Waals surface area contributed by atoms with Gasteiger partial charge in [0.15, 0.2) is 34.5 Å². The van der Waals surface area contributed by atoms with E-state index in [1.807, 2.05) is 0 Å². The van der Waals surface area contributed by atoms with Gasteiger partial charge in [0.05, 0.1) is 56.9 Å². The van der Waals surface area contributed by atoms with Crippen molar-refractivity contribution in [3.63, 3.8) is 0 Å². The lowest BCUT2D eigenvalue weighted by atomic mass is 10.2. The fraction of sp³-hybridized carbons (Fsp3) is 0.308. The van der Waals surface area contributed by atoms with E-state index >= 15 is 0 Å². The molecule has 0 unspecified atom stereocenters. The Morgan fingerprint density at radius 2 is 0.556 bits per heavy atom. The summed E-state index contributed by atoms with van der Waals surface area (Å²) < 4.78 is 56.1. The van der Waals surface area contributed by atoms with Gasteiger partial charge < -0.3 is 47.4 Å². The van der Waals surface area contributed by atoms with Gasteiger partial charge in [-0.05, 0) is 0 Å². The Labute approximate surface area is 210 Å². The number of hydrogen-bond donors (Lipinski definition) is 0. The zero-order valence-electron chi connectivity index (χ0n) is 21.5. The van der Waals surface area contributed by atoms with E-state index in [0.29, 0.717) is 63.2 Å². The molecule has 10 heteroatoms. The van der Waals surface area contributed by atoms with Crippen LogP contribution < -0.4 is 47.4 Å². The van der Waals surface area contributed by atoms with Gasteiger partial charge in [0.2, 0.25) is 17.2 Å². The zero-order valence-corrected chi connectivity index (χ0v) is 21.5. The minimum absolute atomic E-state index is 0.280. The van der Waals surface area contributed by atoms with E-state index in [1.165, 1.54) is 42.7 Å². The molecular formula is C26H30O10. The quantitative estimate of drug-likeness (QED) is 0.323. The van der Waals surface area contributed by atoms with Gasteiger partial charge in [-0.2, -0.15) is 0 Å². The summed E-state index contributed by atoms with van der Waals surface area (Å²) in [6, 6.07) is 10.0. The Balaban J connectivity index is 2.09. The summed E-state index contributed by atoms with van der Waals surface area (Å²) in [5.74, 6) is 4.68. The van der Waals surface area contributed by atoms with Gasteiger partial charge >= 0.3 is 0 Å². The standard InChI is InChI=1S/C26H30O10/c1-27-15-9-18(29-3)24(19(10-15)30-4)35-17-13-22(33-7)26(23(14-17)34-8)36-25-20(31-5)11-16(28-2)12-21(25)32-6/h9-14H,1-8H3. The molecule has 0 saturated heterocycles. The van der Waals surface area contributed by atoms with Gasteiger partial charge in [-0.1, -0.05) is 0 Å². The molecule has 0 radical (unpaired) electrons. The monoisotopic (exact) mass is 502 g/mol. The molecule has 0 aliphatic heterocycles. The molecule has 0 spiro atoms. The Morgan fingerprint density at radius 1 is 0.306 bits per heavy atom. The van der Waals surface area contributed by atoms with Gasteiger partial charge in [-0.25, -0.2) is 0 Å². The fourth-order valence-electron chi connectivity index (χ4n) is 3.38. The average molecular weight is 503 g/mol. The third-order valence-electron chi connectivity index (χ3n) is 5.20. The summed E-state index contributed by atoms with van der Waals surface area (Å²) in [6.07, 6.45) is 0. The first-order valence-electron chi connectivity index (χ1n) is 10.7. The van der Waals surface area contributed by atoms with Crippen LogP contribution in [0.15, 0.2) is 36.4 Å². The molecule has 0 aliphatic carbocycles. The highest BCUT2D eigenvalue weighted by Crippen LogP contribution is 2.51. The lowest BCUT2D eigenvalue weighted by Gasteiger charge is -2.20. The summed E-state index contributed by atoms with van der Waals surface area (Å²) in [5, 5.41) is 0. The second-order valence-electron chi connectivity index (χ2n) is 7.08. The zero-order chi connectivity index (χ0) is 26.2. The highest BCUT2D eigenvalue weighted by molar-refractivity contribution is 5.64. The van der Waals surface area contributed by atoms with E-state index in [-0.39, 0.29) is 5.75 Å². The van der Waals surface area contributed by atoms with Crippen LogP contribution in [0.4, 0.5) is 0 Å². The maximum Gasteiger partial charge on any atom is 0.211 e. The Hall–Kier alpha value is -4.34. The molecule has 36 heavy (non-hydrogen) atoms. The molecule has 0 fully saturated rings. The first kappa shape index (κ1) is 26.3. The SMILES string of the molecule is COc1cc(OC)c(Oc2cc(OC)c(Oc3c(OC)cc(OC)cc3OC)c(OC)c2)c(OC)c1. The van der Waals surface area contributed by atoms with Gasteiger partial charge in [0, 0.05) is 36.4 Å². The lowest BCUT2D eigenvalue weighted by molar-refractivity contribution is 0.309. The van der Waals surface area contributed by atoms with Crippen LogP contribution in [0.1, 0.15) is 0 Å². The Morgan fingerprint density at radius 3 is 0.806 bits per heavy atom. The van der Waals surface area contributed by atoms with Gasteiger partial charge in [-0.3, -0.25) is 0 Å². The van der Waals surface area contributed by atoms with Crippen molar-refractivity contribution in [3.8, 4) is 69.0 Å². The normalized spacial score (nSPS) is 10.2. The van der Waals surface area contributed by atoms with Crippen LogP contribution in [0.25, 0.3) is 0 Å². The molecule has 0 bridgehead atoms.